The smallest absolute Gasteiger partial charge is 0.300 e. The lowest BCUT2D eigenvalue weighted by Crippen LogP contribution is -2.29. The van der Waals surface area contributed by atoms with Crippen LogP contribution in [-0.4, -0.2) is 40.0 Å². The molecule has 37 heavy (non-hydrogen) atoms. The van der Waals surface area contributed by atoms with Crippen LogP contribution in [0.15, 0.2) is 72.3 Å². The first-order valence-corrected chi connectivity index (χ1v) is 11.5. The van der Waals surface area contributed by atoms with E-state index in [1.807, 2.05) is 6.92 Å². The Labute approximate surface area is 212 Å². The number of rotatable bonds is 8. The third-order valence-corrected chi connectivity index (χ3v) is 5.79. The maximum absolute atomic E-state index is 13.4. The Morgan fingerprint density at radius 1 is 0.973 bits per heavy atom. The monoisotopic (exact) mass is 504 g/mol. The van der Waals surface area contributed by atoms with Crippen molar-refractivity contribution in [3.63, 3.8) is 0 Å². The molecule has 10 heteroatoms. The third-order valence-electron chi connectivity index (χ3n) is 5.79. The van der Waals surface area contributed by atoms with Gasteiger partial charge in [-0.15, -0.1) is 0 Å². The van der Waals surface area contributed by atoms with E-state index in [0.717, 1.165) is 6.07 Å². The average Bonchev–Trinajstić information content (AvgIpc) is 3.15. The number of hydrogen-bond acceptors (Lipinski definition) is 8. The van der Waals surface area contributed by atoms with E-state index >= 15 is 0 Å². The van der Waals surface area contributed by atoms with E-state index in [4.69, 9.17) is 9.47 Å². The van der Waals surface area contributed by atoms with Gasteiger partial charge in [0.1, 0.15) is 11.5 Å². The fourth-order valence-electron chi connectivity index (χ4n) is 4.18. The van der Waals surface area contributed by atoms with Gasteiger partial charge >= 0.3 is 0 Å². The molecule has 3 aromatic carbocycles. The second-order valence-corrected chi connectivity index (χ2v) is 8.07. The highest BCUT2D eigenvalue weighted by Gasteiger charge is 2.47. The van der Waals surface area contributed by atoms with Gasteiger partial charge < -0.3 is 19.7 Å². The highest BCUT2D eigenvalue weighted by atomic mass is 16.6. The van der Waals surface area contributed by atoms with Crippen LogP contribution in [0.4, 0.5) is 11.4 Å². The van der Waals surface area contributed by atoms with Gasteiger partial charge in [-0.05, 0) is 43.7 Å². The van der Waals surface area contributed by atoms with Crippen LogP contribution in [0.3, 0.4) is 0 Å². The molecule has 2 N–H and O–H groups in total. The average molecular weight is 504 g/mol. The normalized spacial score (nSPS) is 16.6. The summed E-state index contributed by atoms with van der Waals surface area (Å²) in [5.74, 6) is -1.63. The fourth-order valence-corrected chi connectivity index (χ4v) is 4.18. The van der Waals surface area contributed by atoms with Crippen LogP contribution in [0.2, 0.25) is 0 Å². The summed E-state index contributed by atoms with van der Waals surface area (Å²) in [6.45, 7) is 4.34. The van der Waals surface area contributed by atoms with Gasteiger partial charge in [-0.2, -0.15) is 0 Å². The Kier molecular flexibility index (Phi) is 7.10. The van der Waals surface area contributed by atoms with Gasteiger partial charge in [-0.1, -0.05) is 24.3 Å². The lowest BCUT2D eigenvalue weighted by atomic mass is 9.95. The Balaban J connectivity index is 1.93. The number of nitro groups is 1. The fraction of sp³-hybridized carbons (Fsp3) is 0.185. The van der Waals surface area contributed by atoms with Crippen molar-refractivity contribution in [1.82, 2.24) is 0 Å². The zero-order chi connectivity index (χ0) is 26.7. The predicted molar refractivity (Wildman–Crippen MR) is 135 cm³/mol. The minimum Gasteiger partial charge on any atom is -0.508 e. The van der Waals surface area contributed by atoms with Crippen molar-refractivity contribution in [2.75, 3.05) is 18.1 Å². The van der Waals surface area contributed by atoms with Crippen LogP contribution in [-0.2, 0) is 9.59 Å². The first-order valence-electron chi connectivity index (χ1n) is 11.5. The lowest BCUT2D eigenvalue weighted by Gasteiger charge is -2.26. The number of non-ortho nitro benzene ring substituents is 1. The SMILES string of the molecule is CCOc1ccc(N2C(=O)C(=O)/C(=C(/O)c3cccc([N+](=O)[O-])c3)C2c2ccc(O)cc2)cc1OCC. The predicted octanol–water partition coefficient (Wildman–Crippen LogP) is 4.72. The van der Waals surface area contributed by atoms with Gasteiger partial charge in [0.25, 0.3) is 17.4 Å². The first-order chi connectivity index (χ1) is 17.8. The number of amides is 1. The summed E-state index contributed by atoms with van der Waals surface area (Å²) in [5.41, 5.74) is 0.217. The number of aliphatic hydroxyl groups is 1. The molecule has 10 nitrogen and oxygen atoms in total. The zero-order valence-corrected chi connectivity index (χ0v) is 20.1. The van der Waals surface area contributed by atoms with Crippen molar-refractivity contribution >= 4 is 28.8 Å². The summed E-state index contributed by atoms with van der Waals surface area (Å²) in [4.78, 5) is 38.5. The number of aromatic hydroxyl groups is 1. The topological polar surface area (TPSA) is 139 Å². The number of Topliss-reactive ketones (excluding diaryl/α,β-unsaturated/α-hetero) is 1. The van der Waals surface area contributed by atoms with Crippen molar-refractivity contribution in [2.45, 2.75) is 19.9 Å². The number of ketones is 1. The van der Waals surface area contributed by atoms with E-state index in [0.29, 0.717) is 36.0 Å². The zero-order valence-electron chi connectivity index (χ0n) is 20.1. The number of nitro benzene ring substituents is 1. The molecule has 4 rings (SSSR count). The molecule has 0 aromatic heterocycles. The van der Waals surface area contributed by atoms with E-state index < -0.39 is 28.4 Å². The van der Waals surface area contributed by atoms with Crippen LogP contribution in [0.1, 0.15) is 31.0 Å². The highest BCUT2D eigenvalue weighted by molar-refractivity contribution is 6.51. The molecule has 0 bridgehead atoms. The highest BCUT2D eigenvalue weighted by Crippen LogP contribution is 2.44. The molecule has 1 fully saturated rings. The number of hydrogen-bond donors (Lipinski definition) is 2. The summed E-state index contributed by atoms with van der Waals surface area (Å²) in [6.07, 6.45) is 0. The molecule has 1 saturated heterocycles. The van der Waals surface area contributed by atoms with Crippen LogP contribution >= 0.6 is 0 Å². The molecule has 0 saturated carbocycles. The maximum Gasteiger partial charge on any atom is 0.300 e. The van der Waals surface area contributed by atoms with Crippen LogP contribution in [0, 0.1) is 10.1 Å². The van der Waals surface area contributed by atoms with E-state index in [1.54, 1.807) is 25.1 Å². The Bertz CT molecular complexity index is 1400. The van der Waals surface area contributed by atoms with Gasteiger partial charge in [0.05, 0.1) is 29.8 Å². The van der Waals surface area contributed by atoms with Gasteiger partial charge in [-0.3, -0.25) is 24.6 Å². The Morgan fingerprint density at radius 3 is 2.30 bits per heavy atom. The molecular formula is C27H24N2O8. The quantitative estimate of drug-likeness (QED) is 0.148. The number of aliphatic hydroxyl groups excluding tert-OH is 1. The molecule has 1 aliphatic heterocycles. The lowest BCUT2D eigenvalue weighted by molar-refractivity contribution is -0.384. The van der Waals surface area contributed by atoms with Crippen molar-refractivity contribution in [1.29, 1.82) is 0 Å². The molecule has 1 aliphatic rings. The summed E-state index contributed by atoms with van der Waals surface area (Å²) in [7, 11) is 0. The second-order valence-electron chi connectivity index (χ2n) is 8.07. The Hall–Kier alpha value is -4.86. The van der Waals surface area contributed by atoms with E-state index in [1.165, 1.54) is 47.4 Å². The third kappa shape index (κ3) is 4.81. The number of ether oxygens (including phenoxy) is 2. The van der Waals surface area contributed by atoms with Crippen molar-refractivity contribution in [3.05, 3.63) is 93.5 Å². The molecule has 190 valence electrons. The molecule has 0 aliphatic carbocycles. The number of carbonyl (C=O) groups is 2. The van der Waals surface area contributed by atoms with E-state index in [-0.39, 0.29) is 22.6 Å². The number of nitrogens with zero attached hydrogens (tertiary/aromatic N) is 2. The maximum atomic E-state index is 13.4. The van der Waals surface area contributed by atoms with Gasteiger partial charge in [-0.25, -0.2) is 0 Å². The molecule has 0 radical (unpaired) electrons. The van der Waals surface area contributed by atoms with Gasteiger partial charge in [0.2, 0.25) is 0 Å². The van der Waals surface area contributed by atoms with E-state index in [9.17, 15) is 29.9 Å². The summed E-state index contributed by atoms with van der Waals surface area (Å²) in [6, 6.07) is 14.7. The van der Waals surface area contributed by atoms with Crippen LogP contribution in [0.5, 0.6) is 17.2 Å². The molecular weight excluding hydrogens is 480 g/mol. The second kappa shape index (κ2) is 10.4. The van der Waals surface area contributed by atoms with Crippen molar-refractivity contribution in [3.8, 4) is 17.2 Å². The minimum absolute atomic E-state index is 0.0117. The molecule has 0 spiro atoms. The van der Waals surface area contributed by atoms with Gasteiger partial charge in [0.15, 0.2) is 11.5 Å². The standard InChI is InChI=1S/C27H24N2O8/c1-3-36-21-13-10-18(15-22(21)37-4-2)28-24(16-8-11-20(30)12-9-16)23(26(32)27(28)33)25(31)17-6-5-7-19(14-17)29(34)35/h5-15,24,30-31H,3-4H2,1-2H3/b25-23+. The number of benzene rings is 3. The Morgan fingerprint density at radius 2 is 1.65 bits per heavy atom. The van der Waals surface area contributed by atoms with Gasteiger partial charge in [0, 0.05) is 29.4 Å². The number of phenols is 1. The minimum atomic E-state index is -1.09. The molecule has 3 aromatic rings. The molecule has 1 unspecified atom stereocenters. The number of carbonyl (C=O) groups excluding carboxylic acids is 2. The summed E-state index contributed by atoms with van der Waals surface area (Å²) in [5, 5.41) is 32.2. The van der Waals surface area contributed by atoms with Crippen molar-refractivity contribution in [2.24, 2.45) is 0 Å². The summed E-state index contributed by atoms with van der Waals surface area (Å²) >= 11 is 0. The molecule has 1 atom stereocenters. The number of phenolic OH excluding ortho intramolecular Hbond substituents is 1. The number of anilines is 1. The molecule has 1 amide bonds. The van der Waals surface area contributed by atoms with Crippen LogP contribution < -0.4 is 14.4 Å². The summed E-state index contributed by atoms with van der Waals surface area (Å²) < 4.78 is 11.3. The van der Waals surface area contributed by atoms with Crippen LogP contribution in [0.25, 0.3) is 5.76 Å². The molecule has 1 heterocycles. The van der Waals surface area contributed by atoms with Crippen molar-refractivity contribution < 1.29 is 34.2 Å². The largest absolute Gasteiger partial charge is 0.508 e. The first kappa shape index (κ1) is 25.2. The van der Waals surface area contributed by atoms with E-state index in [2.05, 4.69) is 0 Å².